The lowest BCUT2D eigenvalue weighted by Gasteiger charge is -2.12. The zero-order valence-corrected chi connectivity index (χ0v) is 18.3. The molecule has 0 unspecified atom stereocenters. The van der Waals surface area contributed by atoms with Crippen molar-refractivity contribution >= 4 is 27.6 Å². The summed E-state index contributed by atoms with van der Waals surface area (Å²) in [5.74, 6) is 1.54. The number of nitrogens with zero attached hydrogens (tertiary/aromatic N) is 2. The predicted octanol–water partition coefficient (Wildman–Crippen LogP) is 4.33. The Balaban J connectivity index is 1.62. The minimum absolute atomic E-state index is 0.126. The van der Waals surface area contributed by atoms with Gasteiger partial charge >= 0.3 is 5.97 Å². The lowest BCUT2D eigenvalue weighted by atomic mass is 10.0. The van der Waals surface area contributed by atoms with Gasteiger partial charge in [0.1, 0.15) is 5.75 Å². The van der Waals surface area contributed by atoms with E-state index in [0.29, 0.717) is 30.3 Å². The first kappa shape index (κ1) is 21.4. The Labute approximate surface area is 185 Å². The van der Waals surface area contributed by atoms with Crippen molar-refractivity contribution in [2.45, 2.75) is 13.3 Å². The Hall–Kier alpha value is -3.87. The maximum absolute atomic E-state index is 11.5. The van der Waals surface area contributed by atoms with Crippen molar-refractivity contribution in [3.8, 4) is 17.2 Å². The summed E-state index contributed by atoms with van der Waals surface area (Å²) in [7, 11) is 3.24. The van der Waals surface area contributed by atoms with Gasteiger partial charge in [-0.1, -0.05) is 0 Å². The normalized spacial score (nSPS) is 10.8. The highest BCUT2D eigenvalue weighted by molar-refractivity contribution is 5.88. The zero-order chi connectivity index (χ0) is 22.5. The zero-order valence-electron chi connectivity index (χ0n) is 18.3. The predicted molar refractivity (Wildman–Crippen MR) is 122 cm³/mol. The molecule has 164 valence electrons. The number of fused-ring (bicyclic) bond motifs is 2. The Morgan fingerprint density at radius 3 is 2.53 bits per heavy atom. The molecule has 32 heavy (non-hydrogen) atoms. The summed E-state index contributed by atoms with van der Waals surface area (Å²) in [6, 6.07) is 11.5. The molecule has 0 fully saturated rings. The minimum atomic E-state index is -0.394. The lowest BCUT2D eigenvalue weighted by molar-refractivity contribution is -0.145. The number of benzene rings is 2. The van der Waals surface area contributed by atoms with E-state index in [1.54, 1.807) is 27.2 Å². The van der Waals surface area contributed by atoms with Gasteiger partial charge in [-0.05, 0) is 59.8 Å². The van der Waals surface area contributed by atoms with E-state index in [1.807, 2.05) is 42.9 Å². The number of hydrogen-bond donors (Lipinski definition) is 0. The van der Waals surface area contributed by atoms with Crippen LogP contribution in [0.1, 0.15) is 18.1 Å². The second-order valence-electron chi connectivity index (χ2n) is 7.20. The first-order chi connectivity index (χ1) is 15.6. The van der Waals surface area contributed by atoms with Gasteiger partial charge in [0, 0.05) is 35.8 Å². The van der Waals surface area contributed by atoms with Gasteiger partial charge < -0.3 is 18.9 Å². The van der Waals surface area contributed by atoms with Crippen molar-refractivity contribution in [2.75, 3.05) is 27.4 Å². The molecule has 0 aliphatic heterocycles. The number of esters is 1. The van der Waals surface area contributed by atoms with Crippen LogP contribution in [0.25, 0.3) is 21.7 Å². The molecule has 0 amide bonds. The first-order valence-corrected chi connectivity index (χ1v) is 10.3. The molecule has 0 radical (unpaired) electrons. The van der Waals surface area contributed by atoms with Crippen LogP contribution in [-0.4, -0.2) is 43.4 Å². The number of methoxy groups -OCH3 is 2. The van der Waals surface area contributed by atoms with Gasteiger partial charge in [-0.25, -0.2) is 4.79 Å². The van der Waals surface area contributed by atoms with E-state index in [-0.39, 0.29) is 6.61 Å². The van der Waals surface area contributed by atoms with Gasteiger partial charge in [0.15, 0.2) is 18.1 Å². The molecule has 0 saturated heterocycles. The molecule has 0 N–H and O–H groups in total. The molecule has 2 heterocycles. The Kier molecular flexibility index (Phi) is 6.35. The number of ether oxygens (including phenoxy) is 4. The molecular formula is C25H24N2O5. The van der Waals surface area contributed by atoms with Crippen LogP contribution in [0, 0.1) is 0 Å². The SMILES string of the molecule is CCOC(=O)COc1ccc2ncc(Cc3cncc4cc(OC)c(OC)cc34)cc2c1. The van der Waals surface area contributed by atoms with Gasteiger partial charge in [0.05, 0.1) is 26.3 Å². The Morgan fingerprint density at radius 1 is 0.938 bits per heavy atom. The van der Waals surface area contributed by atoms with E-state index >= 15 is 0 Å². The smallest absolute Gasteiger partial charge is 0.344 e. The van der Waals surface area contributed by atoms with Crippen molar-refractivity contribution in [1.82, 2.24) is 9.97 Å². The summed E-state index contributed by atoms with van der Waals surface area (Å²) in [5.41, 5.74) is 2.93. The molecule has 4 aromatic rings. The third-order valence-corrected chi connectivity index (χ3v) is 5.11. The van der Waals surface area contributed by atoms with E-state index in [0.717, 1.165) is 32.8 Å². The van der Waals surface area contributed by atoms with Crippen LogP contribution in [0.15, 0.2) is 55.0 Å². The van der Waals surface area contributed by atoms with Gasteiger partial charge in [-0.15, -0.1) is 0 Å². The fraction of sp³-hybridized carbons (Fsp3) is 0.240. The van der Waals surface area contributed by atoms with E-state index < -0.39 is 5.97 Å². The third kappa shape index (κ3) is 4.56. The van der Waals surface area contributed by atoms with Gasteiger partial charge in [0.25, 0.3) is 0 Å². The standard InChI is InChI=1S/C25H24N2O5/c1-4-31-25(28)15-32-20-5-6-22-17(9-20)7-16(12-27-22)8-18-13-26-14-19-10-23(29-2)24(30-3)11-21(18)19/h5-7,9-14H,4,8,15H2,1-3H3. The van der Waals surface area contributed by atoms with Gasteiger partial charge in [0.2, 0.25) is 0 Å². The summed E-state index contributed by atoms with van der Waals surface area (Å²) in [6.45, 7) is 1.97. The maximum Gasteiger partial charge on any atom is 0.344 e. The number of aromatic nitrogens is 2. The largest absolute Gasteiger partial charge is 0.493 e. The van der Waals surface area contributed by atoms with Crippen LogP contribution < -0.4 is 14.2 Å². The molecule has 0 atom stereocenters. The van der Waals surface area contributed by atoms with Crippen LogP contribution in [0.4, 0.5) is 0 Å². The minimum Gasteiger partial charge on any atom is -0.493 e. The van der Waals surface area contributed by atoms with Crippen molar-refractivity contribution in [3.63, 3.8) is 0 Å². The second kappa shape index (κ2) is 9.51. The molecule has 0 saturated carbocycles. The number of hydrogen-bond acceptors (Lipinski definition) is 7. The summed E-state index contributed by atoms with van der Waals surface area (Å²) in [4.78, 5) is 20.5. The van der Waals surface area contributed by atoms with E-state index in [2.05, 4.69) is 16.0 Å². The van der Waals surface area contributed by atoms with Crippen LogP contribution >= 0.6 is 0 Å². The lowest BCUT2D eigenvalue weighted by Crippen LogP contribution is -2.14. The highest BCUT2D eigenvalue weighted by Gasteiger charge is 2.11. The topological polar surface area (TPSA) is 79.8 Å². The van der Waals surface area contributed by atoms with Crippen molar-refractivity contribution in [3.05, 3.63) is 66.1 Å². The number of carbonyl (C=O) groups is 1. The second-order valence-corrected chi connectivity index (χ2v) is 7.20. The summed E-state index contributed by atoms with van der Waals surface area (Å²) in [6.07, 6.45) is 6.18. The third-order valence-electron chi connectivity index (χ3n) is 5.11. The van der Waals surface area contributed by atoms with Crippen LogP contribution in [0.2, 0.25) is 0 Å². The fourth-order valence-electron chi connectivity index (χ4n) is 3.60. The van der Waals surface area contributed by atoms with Crippen LogP contribution in [0.3, 0.4) is 0 Å². The molecule has 2 aromatic carbocycles. The molecule has 0 bridgehead atoms. The average Bonchev–Trinajstić information content (AvgIpc) is 2.82. The van der Waals surface area contributed by atoms with E-state index in [4.69, 9.17) is 18.9 Å². The molecule has 0 spiro atoms. The average molecular weight is 432 g/mol. The highest BCUT2D eigenvalue weighted by atomic mass is 16.6. The molecule has 7 nitrogen and oxygen atoms in total. The van der Waals surface area contributed by atoms with Crippen LogP contribution in [0.5, 0.6) is 17.2 Å². The summed E-state index contributed by atoms with van der Waals surface area (Å²) >= 11 is 0. The van der Waals surface area contributed by atoms with Crippen molar-refractivity contribution in [1.29, 1.82) is 0 Å². The first-order valence-electron chi connectivity index (χ1n) is 10.3. The molecular weight excluding hydrogens is 408 g/mol. The van der Waals surface area contributed by atoms with Crippen molar-refractivity contribution < 1.29 is 23.7 Å². The molecule has 7 heteroatoms. The Morgan fingerprint density at radius 2 is 1.75 bits per heavy atom. The Bertz CT molecular complexity index is 1270. The maximum atomic E-state index is 11.5. The quantitative estimate of drug-likeness (QED) is 0.383. The summed E-state index contributed by atoms with van der Waals surface area (Å²) in [5, 5.41) is 2.95. The van der Waals surface area contributed by atoms with E-state index in [9.17, 15) is 4.79 Å². The monoisotopic (exact) mass is 432 g/mol. The molecule has 2 aromatic heterocycles. The molecule has 0 aliphatic carbocycles. The van der Waals surface area contributed by atoms with Crippen LogP contribution in [-0.2, 0) is 16.0 Å². The molecule has 0 aliphatic rings. The van der Waals surface area contributed by atoms with E-state index in [1.165, 1.54) is 0 Å². The van der Waals surface area contributed by atoms with Crippen molar-refractivity contribution in [2.24, 2.45) is 0 Å². The number of pyridine rings is 2. The van der Waals surface area contributed by atoms with Gasteiger partial charge in [-0.3, -0.25) is 9.97 Å². The van der Waals surface area contributed by atoms with Gasteiger partial charge in [-0.2, -0.15) is 0 Å². The molecule has 4 rings (SSSR count). The number of carbonyl (C=O) groups excluding carboxylic acids is 1. The summed E-state index contributed by atoms with van der Waals surface area (Å²) < 4.78 is 21.3. The fourth-order valence-corrected chi connectivity index (χ4v) is 3.60. The highest BCUT2D eigenvalue weighted by Crippen LogP contribution is 2.34. The number of rotatable bonds is 8.